The Balaban J connectivity index is 1.22. The van der Waals surface area contributed by atoms with E-state index < -0.39 is 0 Å². The zero-order valence-corrected chi connectivity index (χ0v) is 17.4. The summed E-state index contributed by atoms with van der Waals surface area (Å²) in [5, 5.41) is 5.25. The third-order valence-electron chi connectivity index (χ3n) is 6.44. The van der Waals surface area contributed by atoms with Crippen LogP contribution in [0.4, 0.5) is 5.69 Å². The number of para-hydroxylation sites is 1. The lowest BCUT2D eigenvalue weighted by Crippen LogP contribution is -2.51. The van der Waals surface area contributed by atoms with Crippen molar-refractivity contribution in [2.75, 3.05) is 25.5 Å². The molecule has 5 nitrogen and oxygen atoms in total. The van der Waals surface area contributed by atoms with Crippen LogP contribution < -0.4 is 16.2 Å². The van der Waals surface area contributed by atoms with Crippen molar-refractivity contribution in [2.24, 2.45) is 5.92 Å². The molecule has 0 amide bonds. The molecule has 1 unspecified atom stereocenters. The fraction of sp³-hybridized carbons (Fsp3) is 0.348. The lowest BCUT2D eigenvalue weighted by Gasteiger charge is -2.45. The molecule has 0 bridgehead atoms. The number of H-pyrrole nitrogens is 1. The predicted molar refractivity (Wildman–Crippen MR) is 123 cm³/mol. The average molecular weight is 406 g/mol. The van der Waals surface area contributed by atoms with Crippen LogP contribution >= 0.6 is 12.2 Å². The van der Waals surface area contributed by atoms with E-state index in [1.807, 2.05) is 30.3 Å². The molecule has 0 radical (unpaired) electrons. The first-order chi connectivity index (χ1) is 14.2. The lowest BCUT2D eigenvalue weighted by molar-refractivity contribution is 0.110. The number of likely N-dealkylation sites (N-methyl/N-ethyl adjacent to an activating group) is 1. The number of nitrogens with one attached hydrogen (secondary N) is 4. The normalized spacial score (nSPS) is 23.6. The van der Waals surface area contributed by atoms with E-state index in [9.17, 15) is 0 Å². The Labute approximate surface area is 176 Å². The summed E-state index contributed by atoms with van der Waals surface area (Å²) in [5.41, 5.74) is 11.7. The smallest absolute Gasteiger partial charge is 0.185 e. The molecule has 29 heavy (non-hydrogen) atoms. The van der Waals surface area contributed by atoms with Gasteiger partial charge in [0, 0.05) is 47.8 Å². The Kier molecular flexibility index (Phi) is 4.99. The van der Waals surface area contributed by atoms with E-state index in [1.54, 1.807) is 0 Å². The summed E-state index contributed by atoms with van der Waals surface area (Å²) in [6.45, 7) is 1.99. The standard InChI is InChI=1S/C23H27N5S/c1-28-14-15(12-25-27-23(29)26-17-6-3-2-4-7-17)10-19-18-8-5-9-20-22(18)16(13-24-20)11-21(19)28/h2-9,13,15,19,21,24-25H,10-12,14H2,1H3,(H2,26,27,29)/t15?,19-,21-/m1/s1. The number of anilines is 1. The Morgan fingerprint density at radius 2 is 2.03 bits per heavy atom. The number of rotatable bonds is 4. The van der Waals surface area contributed by atoms with Crippen LogP contribution in [-0.4, -0.2) is 41.2 Å². The van der Waals surface area contributed by atoms with Crippen molar-refractivity contribution in [1.29, 1.82) is 0 Å². The minimum Gasteiger partial charge on any atom is -0.361 e. The zero-order valence-electron chi connectivity index (χ0n) is 16.6. The van der Waals surface area contributed by atoms with Gasteiger partial charge in [0.2, 0.25) is 0 Å². The van der Waals surface area contributed by atoms with Gasteiger partial charge in [-0.25, -0.2) is 5.43 Å². The molecular weight excluding hydrogens is 378 g/mol. The molecule has 150 valence electrons. The van der Waals surface area contributed by atoms with Gasteiger partial charge in [-0.15, -0.1) is 0 Å². The molecule has 2 aromatic carbocycles. The van der Waals surface area contributed by atoms with Crippen LogP contribution in [0.5, 0.6) is 0 Å². The van der Waals surface area contributed by atoms with Crippen LogP contribution in [0, 0.1) is 5.92 Å². The van der Waals surface area contributed by atoms with E-state index in [0.29, 0.717) is 23.0 Å². The molecule has 4 N–H and O–H groups in total. The van der Waals surface area contributed by atoms with Crippen LogP contribution in [0.3, 0.4) is 0 Å². The maximum Gasteiger partial charge on any atom is 0.185 e. The highest BCUT2D eigenvalue weighted by molar-refractivity contribution is 7.80. The first kappa shape index (κ1) is 18.6. The fourth-order valence-corrected chi connectivity index (χ4v) is 5.35. The molecule has 3 aromatic rings. The molecule has 0 saturated carbocycles. The van der Waals surface area contributed by atoms with Gasteiger partial charge in [-0.2, -0.15) is 0 Å². The van der Waals surface area contributed by atoms with Gasteiger partial charge >= 0.3 is 0 Å². The number of hydrazine groups is 1. The molecule has 2 aliphatic rings. The minimum absolute atomic E-state index is 0.573. The number of aromatic nitrogens is 1. The van der Waals surface area contributed by atoms with Gasteiger partial charge in [0.25, 0.3) is 0 Å². The number of hydrogen-bond acceptors (Lipinski definition) is 3. The molecule has 1 aromatic heterocycles. The second kappa shape index (κ2) is 7.78. The van der Waals surface area contributed by atoms with Crippen LogP contribution in [0.2, 0.25) is 0 Å². The van der Waals surface area contributed by atoms with Crippen molar-refractivity contribution in [3.63, 3.8) is 0 Å². The topological polar surface area (TPSA) is 55.1 Å². The van der Waals surface area contributed by atoms with Crippen LogP contribution in [0.25, 0.3) is 10.9 Å². The highest BCUT2D eigenvalue weighted by Crippen LogP contribution is 2.44. The van der Waals surface area contributed by atoms with Crippen molar-refractivity contribution in [1.82, 2.24) is 20.7 Å². The van der Waals surface area contributed by atoms with E-state index in [0.717, 1.165) is 25.2 Å². The number of likely N-dealkylation sites (tertiary alicyclic amines) is 1. The quantitative estimate of drug-likeness (QED) is 0.395. The fourth-order valence-electron chi connectivity index (χ4n) is 5.16. The van der Waals surface area contributed by atoms with Crippen molar-refractivity contribution in [3.05, 3.63) is 65.9 Å². The molecule has 3 atom stereocenters. The first-order valence-electron chi connectivity index (χ1n) is 10.3. The van der Waals surface area contributed by atoms with Gasteiger partial charge < -0.3 is 15.2 Å². The van der Waals surface area contributed by atoms with Crippen LogP contribution in [-0.2, 0) is 6.42 Å². The van der Waals surface area contributed by atoms with Crippen molar-refractivity contribution >= 4 is 33.9 Å². The lowest BCUT2D eigenvalue weighted by atomic mass is 9.72. The summed E-state index contributed by atoms with van der Waals surface area (Å²) in [6, 6.07) is 17.3. The number of fused-ring (bicyclic) bond motifs is 2. The van der Waals surface area contributed by atoms with E-state index in [2.05, 4.69) is 57.5 Å². The van der Waals surface area contributed by atoms with Gasteiger partial charge in [0.05, 0.1) is 0 Å². The summed E-state index contributed by atoms with van der Waals surface area (Å²) in [6.07, 6.45) is 4.55. The molecule has 1 saturated heterocycles. The van der Waals surface area contributed by atoms with E-state index in [1.165, 1.54) is 28.5 Å². The molecule has 2 heterocycles. The summed E-state index contributed by atoms with van der Waals surface area (Å²) in [5.74, 6) is 1.16. The molecule has 0 spiro atoms. The SMILES string of the molecule is CN1CC(CNNC(=S)Nc2ccccc2)C[C@@H]2c3cccc4[nH]cc(c34)C[C@H]21. The zero-order chi connectivity index (χ0) is 19.8. The maximum absolute atomic E-state index is 5.40. The molecular formula is C23H27N5S. The summed E-state index contributed by atoms with van der Waals surface area (Å²) >= 11 is 5.40. The number of benzene rings is 2. The molecule has 1 aliphatic heterocycles. The van der Waals surface area contributed by atoms with E-state index >= 15 is 0 Å². The Bertz CT molecular complexity index is 1010. The number of piperidine rings is 1. The third kappa shape index (κ3) is 3.64. The van der Waals surface area contributed by atoms with Crippen LogP contribution in [0.1, 0.15) is 23.5 Å². The number of nitrogens with zero attached hydrogens (tertiary/aromatic N) is 1. The van der Waals surface area contributed by atoms with Crippen molar-refractivity contribution < 1.29 is 0 Å². The van der Waals surface area contributed by atoms with Gasteiger partial charge in [-0.05, 0) is 67.4 Å². The Morgan fingerprint density at radius 1 is 1.17 bits per heavy atom. The highest BCUT2D eigenvalue weighted by atomic mass is 32.1. The highest BCUT2D eigenvalue weighted by Gasteiger charge is 2.39. The van der Waals surface area contributed by atoms with E-state index in [-0.39, 0.29) is 0 Å². The summed E-state index contributed by atoms with van der Waals surface area (Å²) in [4.78, 5) is 6.01. The summed E-state index contributed by atoms with van der Waals surface area (Å²) in [7, 11) is 2.27. The van der Waals surface area contributed by atoms with E-state index in [4.69, 9.17) is 12.2 Å². The van der Waals surface area contributed by atoms with Gasteiger partial charge in [0.1, 0.15) is 0 Å². The largest absolute Gasteiger partial charge is 0.361 e. The Hall–Kier alpha value is -2.41. The second-order valence-corrected chi connectivity index (χ2v) is 8.74. The minimum atomic E-state index is 0.573. The van der Waals surface area contributed by atoms with Crippen molar-refractivity contribution in [3.8, 4) is 0 Å². The molecule has 5 rings (SSSR count). The third-order valence-corrected chi connectivity index (χ3v) is 6.64. The Morgan fingerprint density at radius 3 is 2.90 bits per heavy atom. The average Bonchev–Trinajstić information content (AvgIpc) is 3.14. The molecule has 1 fully saturated rings. The number of thiocarbonyl (C=S) groups is 1. The van der Waals surface area contributed by atoms with Gasteiger partial charge in [0.15, 0.2) is 5.11 Å². The monoisotopic (exact) mass is 405 g/mol. The van der Waals surface area contributed by atoms with Crippen LogP contribution in [0.15, 0.2) is 54.7 Å². The number of hydrogen-bond donors (Lipinski definition) is 4. The molecule has 6 heteroatoms. The first-order valence-corrected chi connectivity index (χ1v) is 10.7. The second-order valence-electron chi connectivity index (χ2n) is 8.33. The van der Waals surface area contributed by atoms with Gasteiger partial charge in [-0.1, -0.05) is 30.3 Å². The maximum atomic E-state index is 5.40. The molecule has 1 aliphatic carbocycles. The predicted octanol–water partition coefficient (Wildman–Crippen LogP) is 3.62. The van der Waals surface area contributed by atoms with Gasteiger partial charge in [-0.3, -0.25) is 5.43 Å². The number of aromatic amines is 1. The van der Waals surface area contributed by atoms with Crippen molar-refractivity contribution in [2.45, 2.75) is 24.8 Å². The summed E-state index contributed by atoms with van der Waals surface area (Å²) < 4.78 is 0.